The minimum Gasteiger partial charge on any atom is -0.369 e. The maximum Gasteiger partial charge on any atom is 0.223 e. The van der Waals surface area contributed by atoms with Gasteiger partial charge in [-0.1, -0.05) is 27.7 Å². The van der Waals surface area contributed by atoms with E-state index in [-0.39, 0.29) is 11.3 Å². The van der Waals surface area contributed by atoms with Crippen LogP contribution >= 0.6 is 0 Å². The summed E-state index contributed by atoms with van der Waals surface area (Å²) in [5.74, 6) is 0.139. The van der Waals surface area contributed by atoms with Crippen LogP contribution in [0.3, 0.4) is 0 Å². The fraction of sp³-hybridized carbons (Fsp3) is 0.875. The van der Waals surface area contributed by atoms with Gasteiger partial charge in [-0.25, -0.2) is 0 Å². The molecule has 2 nitrogen and oxygen atoms in total. The normalized spacial score (nSPS) is 16.9. The Bertz CT molecular complexity index is 131. The maximum absolute atomic E-state index is 10.9. The fourth-order valence-corrected chi connectivity index (χ4v) is 0.867. The standard InChI is InChI=1S/C8H17NO/c1-5-8(4,6(2)3)7(9)10/h6H,5H2,1-4H3,(H2,9,10). The van der Waals surface area contributed by atoms with Crippen molar-refractivity contribution in [1.29, 1.82) is 0 Å². The SMILES string of the molecule is CCC(C)(C(N)=O)C(C)C. The molecule has 0 aliphatic carbocycles. The van der Waals surface area contributed by atoms with Crippen LogP contribution < -0.4 is 5.73 Å². The molecule has 0 saturated carbocycles. The van der Waals surface area contributed by atoms with Gasteiger partial charge in [0.05, 0.1) is 0 Å². The van der Waals surface area contributed by atoms with E-state index in [0.717, 1.165) is 6.42 Å². The quantitative estimate of drug-likeness (QED) is 0.640. The molecule has 0 aromatic heterocycles. The van der Waals surface area contributed by atoms with Gasteiger partial charge in [0.25, 0.3) is 0 Å². The van der Waals surface area contributed by atoms with Crippen LogP contribution in [0.1, 0.15) is 34.1 Å². The van der Waals surface area contributed by atoms with Crippen LogP contribution in [0.5, 0.6) is 0 Å². The van der Waals surface area contributed by atoms with Crippen LogP contribution in [0.2, 0.25) is 0 Å². The summed E-state index contributed by atoms with van der Waals surface area (Å²) in [6.07, 6.45) is 0.819. The van der Waals surface area contributed by atoms with Crippen molar-refractivity contribution < 1.29 is 4.79 Å². The third kappa shape index (κ3) is 1.49. The third-order valence-corrected chi connectivity index (χ3v) is 2.57. The van der Waals surface area contributed by atoms with Gasteiger partial charge in [-0.05, 0) is 12.3 Å². The summed E-state index contributed by atoms with van der Waals surface area (Å²) in [6.45, 7) is 7.95. The summed E-state index contributed by atoms with van der Waals surface area (Å²) in [4.78, 5) is 10.9. The van der Waals surface area contributed by atoms with Gasteiger partial charge in [-0.15, -0.1) is 0 Å². The van der Waals surface area contributed by atoms with E-state index in [1.54, 1.807) is 0 Å². The number of carbonyl (C=O) groups is 1. The predicted molar refractivity (Wildman–Crippen MR) is 42.4 cm³/mol. The second-order valence-electron chi connectivity index (χ2n) is 3.29. The lowest BCUT2D eigenvalue weighted by Crippen LogP contribution is -2.38. The average molecular weight is 143 g/mol. The molecule has 0 rings (SSSR count). The number of carbonyl (C=O) groups excluding carboxylic acids is 1. The number of amides is 1. The molecule has 0 aliphatic heterocycles. The van der Waals surface area contributed by atoms with Crippen LogP contribution in [0.4, 0.5) is 0 Å². The average Bonchev–Trinajstić information content (AvgIpc) is 1.85. The monoisotopic (exact) mass is 143 g/mol. The highest BCUT2D eigenvalue weighted by Gasteiger charge is 2.32. The Morgan fingerprint density at radius 1 is 1.60 bits per heavy atom. The number of hydrogen-bond donors (Lipinski definition) is 1. The lowest BCUT2D eigenvalue weighted by molar-refractivity contribution is -0.129. The Morgan fingerprint density at radius 3 is 2.00 bits per heavy atom. The number of primary amides is 1. The second-order valence-corrected chi connectivity index (χ2v) is 3.29. The van der Waals surface area contributed by atoms with Crippen LogP contribution in [0.15, 0.2) is 0 Å². The summed E-state index contributed by atoms with van der Waals surface area (Å²) >= 11 is 0. The Hall–Kier alpha value is -0.530. The van der Waals surface area contributed by atoms with Crippen molar-refractivity contribution in [3.63, 3.8) is 0 Å². The minimum absolute atomic E-state index is 0.190. The summed E-state index contributed by atoms with van der Waals surface area (Å²) < 4.78 is 0. The van der Waals surface area contributed by atoms with Gasteiger partial charge in [0.1, 0.15) is 0 Å². The first-order valence-electron chi connectivity index (χ1n) is 3.75. The van der Waals surface area contributed by atoms with Crippen LogP contribution in [-0.4, -0.2) is 5.91 Å². The molecule has 0 aliphatic rings. The van der Waals surface area contributed by atoms with Gasteiger partial charge in [0.2, 0.25) is 5.91 Å². The molecule has 0 radical (unpaired) electrons. The van der Waals surface area contributed by atoms with Gasteiger partial charge in [-0.3, -0.25) is 4.79 Å². The van der Waals surface area contributed by atoms with Gasteiger partial charge in [0.15, 0.2) is 0 Å². The van der Waals surface area contributed by atoms with Crippen LogP contribution in [-0.2, 0) is 4.79 Å². The first-order chi connectivity index (χ1) is 4.45. The Balaban J connectivity index is 4.38. The lowest BCUT2D eigenvalue weighted by atomic mass is 9.76. The minimum atomic E-state index is -0.319. The summed E-state index contributed by atoms with van der Waals surface area (Å²) in [5.41, 5.74) is 4.92. The predicted octanol–water partition coefficient (Wildman–Crippen LogP) is 1.54. The third-order valence-electron chi connectivity index (χ3n) is 2.57. The van der Waals surface area contributed by atoms with Crippen molar-refractivity contribution in [2.45, 2.75) is 34.1 Å². The summed E-state index contributed by atoms with van der Waals surface area (Å²) in [7, 11) is 0. The molecule has 0 bridgehead atoms. The van der Waals surface area contributed by atoms with E-state index in [1.807, 2.05) is 27.7 Å². The van der Waals surface area contributed by atoms with Crippen LogP contribution in [0.25, 0.3) is 0 Å². The zero-order valence-corrected chi connectivity index (χ0v) is 7.27. The second kappa shape index (κ2) is 3.04. The molecule has 0 fully saturated rings. The number of nitrogens with two attached hydrogens (primary N) is 1. The highest BCUT2D eigenvalue weighted by molar-refractivity contribution is 5.80. The molecule has 2 N–H and O–H groups in total. The van der Waals surface area contributed by atoms with Crippen molar-refractivity contribution in [3.8, 4) is 0 Å². The molecule has 2 heteroatoms. The van der Waals surface area contributed by atoms with Crippen molar-refractivity contribution in [1.82, 2.24) is 0 Å². The Labute approximate surface area is 62.8 Å². The first-order valence-corrected chi connectivity index (χ1v) is 3.75. The molecule has 0 spiro atoms. The fourth-order valence-electron chi connectivity index (χ4n) is 0.867. The number of rotatable bonds is 3. The van der Waals surface area contributed by atoms with E-state index >= 15 is 0 Å². The van der Waals surface area contributed by atoms with E-state index in [9.17, 15) is 4.79 Å². The first kappa shape index (κ1) is 9.47. The molecule has 1 unspecified atom stereocenters. The highest BCUT2D eigenvalue weighted by atomic mass is 16.1. The Morgan fingerprint density at radius 2 is 2.00 bits per heavy atom. The summed E-state index contributed by atoms with van der Waals surface area (Å²) in [5, 5.41) is 0. The molecule has 0 heterocycles. The molecule has 10 heavy (non-hydrogen) atoms. The van der Waals surface area contributed by atoms with E-state index in [1.165, 1.54) is 0 Å². The van der Waals surface area contributed by atoms with E-state index in [4.69, 9.17) is 5.73 Å². The van der Waals surface area contributed by atoms with E-state index in [0.29, 0.717) is 5.92 Å². The highest BCUT2D eigenvalue weighted by Crippen LogP contribution is 2.29. The number of hydrogen-bond acceptors (Lipinski definition) is 1. The molecule has 1 atom stereocenters. The van der Waals surface area contributed by atoms with Crippen molar-refractivity contribution >= 4 is 5.91 Å². The zero-order chi connectivity index (χ0) is 8.36. The zero-order valence-electron chi connectivity index (χ0n) is 7.27. The molecule has 0 aromatic rings. The smallest absolute Gasteiger partial charge is 0.223 e. The van der Waals surface area contributed by atoms with E-state index in [2.05, 4.69) is 0 Å². The van der Waals surface area contributed by atoms with Gasteiger partial charge in [0, 0.05) is 5.41 Å². The maximum atomic E-state index is 10.9. The molecular weight excluding hydrogens is 126 g/mol. The Kier molecular flexibility index (Phi) is 2.88. The van der Waals surface area contributed by atoms with Crippen LogP contribution in [0, 0.1) is 11.3 Å². The summed E-state index contributed by atoms with van der Waals surface area (Å²) in [6, 6.07) is 0. The van der Waals surface area contributed by atoms with Crippen molar-refractivity contribution in [2.75, 3.05) is 0 Å². The molecule has 60 valence electrons. The molecule has 0 saturated heterocycles. The van der Waals surface area contributed by atoms with Crippen molar-refractivity contribution in [3.05, 3.63) is 0 Å². The van der Waals surface area contributed by atoms with Gasteiger partial charge < -0.3 is 5.73 Å². The van der Waals surface area contributed by atoms with Gasteiger partial charge >= 0.3 is 0 Å². The van der Waals surface area contributed by atoms with E-state index < -0.39 is 0 Å². The topological polar surface area (TPSA) is 43.1 Å². The molecular formula is C8H17NO. The van der Waals surface area contributed by atoms with Gasteiger partial charge in [-0.2, -0.15) is 0 Å². The molecule has 0 aromatic carbocycles. The van der Waals surface area contributed by atoms with Crippen molar-refractivity contribution in [2.24, 2.45) is 17.1 Å². The largest absolute Gasteiger partial charge is 0.369 e. The lowest BCUT2D eigenvalue weighted by Gasteiger charge is -2.28. The molecule has 1 amide bonds.